The molecule has 0 saturated heterocycles. The van der Waals surface area contributed by atoms with Crippen molar-refractivity contribution in [2.24, 2.45) is 0 Å². The van der Waals surface area contributed by atoms with E-state index in [1.807, 2.05) is 0 Å². The van der Waals surface area contributed by atoms with Gasteiger partial charge >= 0.3 is 5.97 Å². The monoisotopic (exact) mass is 284 g/mol. The van der Waals surface area contributed by atoms with Crippen molar-refractivity contribution in [1.82, 2.24) is 10.2 Å². The third-order valence-corrected chi connectivity index (χ3v) is 2.96. The molecule has 0 saturated carbocycles. The molecule has 1 aromatic heterocycles. The van der Waals surface area contributed by atoms with Crippen molar-refractivity contribution in [1.29, 1.82) is 0 Å². The summed E-state index contributed by atoms with van der Waals surface area (Å²) in [6.07, 6.45) is 0. The third-order valence-electron chi connectivity index (χ3n) is 2.68. The van der Waals surface area contributed by atoms with Gasteiger partial charge in [-0.05, 0) is 19.1 Å². The maximum absolute atomic E-state index is 13.7. The van der Waals surface area contributed by atoms with Crippen molar-refractivity contribution in [2.75, 3.05) is 7.11 Å². The molecule has 1 aromatic carbocycles. The minimum absolute atomic E-state index is 0.0739. The Morgan fingerprint density at radius 1 is 1.53 bits per heavy atom. The van der Waals surface area contributed by atoms with E-state index in [-0.39, 0.29) is 22.0 Å². The second-order valence-corrected chi connectivity index (χ2v) is 4.26. The average molecular weight is 285 g/mol. The summed E-state index contributed by atoms with van der Waals surface area (Å²) in [5, 5.41) is 15.0. The number of carboxylic acids is 1. The smallest absolute Gasteiger partial charge is 0.353 e. The predicted molar refractivity (Wildman–Crippen MR) is 67.2 cm³/mol. The minimum Gasteiger partial charge on any atom is -0.496 e. The molecule has 0 aliphatic rings. The van der Waals surface area contributed by atoms with Crippen LogP contribution in [-0.4, -0.2) is 28.4 Å². The van der Waals surface area contributed by atoms with E-state index in [0.717, 1.165) is 0 Å². The van der Waals surface area contributed by atoms with Gasteiger partial charge < -0.3 is 9.84 Å². The molecule has 100 valence electrons. The zero-order valence-electron chi connectivity index (χ0n) is 10.1. The van der Waals surface area contributed by atoms with Crippen LogP contribution in [0, 0.1) is 12.7 Å². The standard InChI is InChI=1S/C12H10ClFN2O3/c1-5-10(14)7(13)3-6(11(5)19-2)8-4-9(12(17)18)16-15-8/h3-4H,1-2H3,(H,15,16)(H,17,18). The van der Waals surface area contributed by atoms with E-state index in [0.29, 0.717) is 11.3 Å². The molecule has 0 unspecified atom stereocenters. The molecule has 5 nitrogen and oxygen atoms in total. The summed E-state index contributed by atoms with van der Waals surface area (Å²) in [5.74, 6) is -1.44. The lowest BCUT2D eigenvalue weighted by atomic mass is 10.1. The molecule has 19 heavy (non-hydrogen) atoms. The van der Waals surface area contributed by atoms with Gasteiger partial charge in [-0.2, -0.15) is 5.10 Å². The molecule has 0 atom stereocenters. The topological polar surface area (TPSA) is 75.2 Å². The number of aromatic carboxylic acids is 1. The quantitative estimate of drug-likeness (QED) is 0.909. The van der Waals surface area contributed by atoms with Crippen LogP contribution in [0.3, 0.4) is 0 Å². The summed E-state index contributed by atoms with van der Waals surface area (Å²) in [5.41, 5.74) is 0.912. The van der Waals surface area contributed by atoms with E-state index in [1.54, 1.807) is 0 Å². The highest BCUT2D eigenvalue weighted by molar-refractivity contribution is 6.31. The van der Waals surface area contributed by atoms with E-state index < -0.39 is 11.8 Å². The van der Waals surface area contributed by atoms with Crippen molar-refractivity contribution >= 4 is 17.6 Å². The Hall–Kier alpha value is -2.08. The number of rotatable bonds is 3. The maximum atomic E-state index is 13.7. The summed E-state index contributed by atoms with van der Waals surface area (Å²) >= 11 is 5.78. The Morgan fingerprint density at radius 3 is 2.74 bits per heavy atom. The number of benzene rings is 1. The zero-order valence-corrected chi connectivity index (χ0v) is 10.9. The first kappa shape index (κ1) is 13.4. The van der Waals surface area contributed by atoms with Crippen molar-refractivity contribution in [3.8, 4) is 17.0 Å². The maximum Gasteiger partial charge on any atom is 0.353 e. The Balaban J connectivity index is 2.63. The molecule has 0 fully saturated rings. The van der Waals surface area contributed by atoms with E-state index in [9.17, 15) is 9.18 Å². The number of H-pyrrole nitrogens is 1. The molecular weight excluding hydrogens is 275 g/mol. The number of ether oxygens (including phenoxy) is 1. The lowest BCUT2D eigenvalue weighted by Gasteiger charge is -2.11. The first-order valence-corrected chi connectivity index (χ1v) is 5.65. The van der Waals surface area contributed by atoms with Crippen LogP contribution in [-0.2, 0) is 0 Å². The largest absolute Gasteiger partial charge is 0.496 e. The molecule has 0 amide bonds. The number of methoxy groups -OCH3 is 1. The number of hydrogen-bond acceptors (Lipinski definition) is 3. The minimum atomic E-state index is -1.14. The predicted octanol–water partition coefficient (Wildman–Crippen LogP) is 2.88. The lowest BCUT2D eigenvalue weighted by molar-refractivity contribution is 0.0690. The summed E-state index contributed by atoms with van der Waals surface area (Å²) in [7, 11) is 1.39. The normalized spacial score (nSPS) is 10.5. The zero-order chi connectivity index (χ0) is 14.2. The summed E-state index contributed by atoms with van der Waals surface area (Å²) in [4.78, 5) is 10.8. The van der Waals surface area contributed by atoms with Crippen LogP contribution < -0.4 is 4.74 Å². The van der Waals surface area contributed by atoms with E-state index in [2.05, 4.69) is 10.2 Å². The lowest BCUT2D eigenvalue weighted by Crippen LogP contribution is -1.96. The fourth-order valence-corrected chi connectivity index (χ4v) is 2.01. The number of carboxylic acid groups (broad SMARTS) is 1. The number of carbonyl (C=O) groups is 1. The molecule has 0 aliphatic heterocycles. The average Bonchev–Trinajstić information content (AvgIpc) is 2.85. The van der Waals surface area contributed by atoms with Crippen molar-refractivity contribution in [3.63, 3.8) is 0 Å². The molecule has 2 N–H and O–H groups in total. The van der Waals surface area contributed by atoms with Crippen molar-refractivity contribution in [3.05, 3.63) is 34.2 Å². The SMILES string of the molecule is COc1c(-c2cc(C(=O)O)[nH]n2)cc(Cl)c(F)c1C. The number of aromatic nitrogens is 2. The van der Waals surface area contributed by atoms with Crippen LogP contribution in [0.25, 0.3) is 11.3 Å². The van der Waals surface area contributed by atoms with Gasteiger partial charge in [0.05, 0.1) is 17.8 Å². The van der Waals surface area contributed by atoms with Gasteiger partial charge in [-0.1, -0.05) is 11.6 Å². The molecule has 0 radical (unpaired) electrons. The van der Waals surface area contributed by atoms with Crippen LogP contribution in [0.2, 0.25) is 5.02 Å². The highest BCUT2D eigenvalue weighted by Crippen LogP contribution is 2.37. The van der Waals surface area contributed by atoms with Crippen LogP contribution in [0.15, 0.2) is 12.1 Å². The fourth-order valence-electron chi connectivity index (χ4n) is 1.76. The number of aromatic amines is 1. The van der Waals surface area contributed by atoms with Gasteiger partial charge in [-0.25, -0.2) is 9.18 Å². The summed E-state index contributed by atoms with van der Waals surface area (Å²) in [6, 6.07) is 2.68. The molecule has 2 aromatic rings. The summed E-state index contributed by atoms with van der Waals surface area (Å²) < 4.78 is 18.8. The highest BCUT2D eigenvalue weighted by atomic mass is 35.5. The van der Waals surface area contributed by atoms with Crippen molar-refractivity contribution < 1.29 is 19.0 Å². The van der Waals surface area contributed by atoms with Gasteiger partial charge in [0.2, 0.25) is 0 Å². The molecule has 1 heterocycles. The summed E-state index contributed by atoms with van der Waals surface area (Å²) in [6.45, 7) is 1.52. The Bertz CT molecular complexity index is 655. The van der Waals surface area contributed by atoms with E-state index in [4.69, 9.17) is 21.4 Å². The van der Waals surface area contributed by atoms with Crippen LogP contribution in [0.4, 0.5) is 4.39 Å². The second kappa shape index (κ2) is 4.89. The van der Waals surface area contributed by atoms with Crippen molar-refractivity contribution in [2.45, 2.75) is 6.92 Å². The molecular formula is C12H10ClFN2O3. The van der Waals surface area contributed by atoms with Gasteiger partial charge in [0.25, 0.3) is 0 Å². The van der Waals surface area contributed by atoms with Gasteiger partial charge in [-0.15, -0.1) is 0 Å². The number of halogens is 2. The van der Waals surface area contributed by atoms with Crippen LogP contribution in [0.1, 0.15) is 16.1 Å². The number of nitrogens with one attached hydrogen (secondary N) is 1. The first-order valence-electron chi connectivity index (χ1n) is 5.27. The molecule has 0 bridgehead atoms. The van der Waals surface area contributed by atoms with Gasteiger partial charge in [0, 0.05) is 11.1 Å². The number of nitrogens with zero attached hydrogens (tertiary/aromatic N) is 1. The van der Waals surface area contributed by atoms with Gasteiger partial charge in [0.1, 0.15) is 17.3 Å². The van der Waals surface area contributed by atoms with Crippen LogP contribution >= 0.6 is 11.6 Å². The van der Waals surface area contributed by atoms with Gasteiger partial charge in [-0.3, -0.25) is 5.10 Å². The van der Waals surface area contributed by atoms with E-state index in [1.165, 1.54) is 26.2 Å². The van der Waals surface area contributed by atoms with E-state index >= 15 is 0 Å². The Kier molecular flexibility index (Phi) is 3.44. The second-order valence-electron chi connectivity index (χ2n) is 3.85. The van der Waals surface area contributed by atoms with Crippen LogP contribution in [0.5, 0.6) is 5.75 Å². The number of hydrogen-bond donors (Lipinski definition) is 2. The molecule has 0 aliphatic carbocycles. The van der Waals surface area contributed by atoms with Gasteiger partial charge in [0.15, 0.2) is 0 Å². The molecule has 7 heteroatoms. The third kappa shape index (κ3) is 2.26. The highest BCUT2D eigenvalue weighted by Gasteiger charge is 2.19. The fraction of sp³-hybridized carbons (Fsp3) is 0.167. The Morgan fingerprint density at radius 2 is 2.21 bits per heavy atom. The Labute approximate surface area is 113 Å². The molecule has 0 spiro atoms. The first-order chi connectivity index (χ1) is 8.95. The molecule has 2 rings (SSSR count).